The van der Waals surface area contributed by atoms with Gasteiger partial charge in [0.2, 0.25) is 0 Å². The molecule has 6 saturated heterocycles. The van der Waals surface area contributed by atoms with Gasteiger partial charge in [0.15, 0.2) is 44.0 Å². The molecule has 0 saturated carbocycles. The fourth-order valence-electron chi connectivity index (χ4n) is 12.9. The Morgan fingerprint density at radius 1 is 0.468 bits per heavy atom. The van der Waals surface area contributed by atoms with Crippen LogP contribution in [0.3, 0.4) is 0 Å². The van der Waals surface area contributed by atoms with Crippen LogP contribution in [0.5, 0.6) is 0 Å². The van der Waals surface area contributed by atoms with Gasteiger partial charge in [-0.3, -0.25) is 19.4 Å². The van der Waals surface area contributed by atoms with Crippen molar-refractivity contribution in [2.45, 2.75) is 211 Å². The quantitative estimate of drug-likeness (QED) is 0.00845. The number of hydrogen-bond donors (Lipinski definition) is 14. The number of carbonyl (C=O) groups excluding carboxylic acids is 7. The normalized spacial score (nSPS) is 32.7. The molecule has 0 amide bonds. The first-order chi connectivity index (χ1) is 56.1. The van der Waals surface area contributed by atoms with Crippen molar-refractivity contribution in [2.24, 2.45) is 10.7 Å². The van der Waals surface area contributed by atoms with Gasteiger partial charge in [0.25, 0.3) is 16.7 Å². The van der Waals surface area contributed by atoms with Crippen LogP contribution in [0.25, 0.3) is 0 Å². The Balaban J connectivity index is -0.00000162. The third kappa shape index (κ3) is 34.6. The van der Waals surface area contributed by atoms with Gasteiger partial charge in [-0.1, -0.05) is 25.6 Å². The first-order valence-corrected chi connectivity index (χ1v) is 36.0. The molecule has 48 nitrogen and oxygen atoms in total. The van der Waals surface area contributed by atoms with E-state index in [-0.39, 0.29) is 195 Å². The van der Waals surface area contributed by atoms with E-state index in [2.05, 4.69) is 26.3 Å². The maximum atomic E-state index is 11.9. The van der Waals surface area contributed by atoms with E-state index in [4.69, 9.17) is 88.6 Å². The van der Waals surface area contributed by atoms with Crippen LogP contribution in [0.2, 0.25) is 0 Å². The van der Waals surface area contributed by atoms with E-state index < -0.39 is 202 Å². The van der Waals surface area contributed by atoms with Crippen molar-refractivity contribution in [1.29, 1.82) is 5.26 Å². The molecule has 0 aliphatic carbocycles. The molecule has 3 radical (unpaired) electrons. The van der Waals surface area contributed by atoms with Crippen LogP contribution in [0.4, 0.5) is 0 Å². The van der Waals surface area contributed by atoms with Crippen LogP contribution in [0.1, 0.15) is 7.43 Å². The molecule has 6 fully saturated rings. The number of hydrogen-bond acceptors (Lipinski definition) is 44. The van der Waals surface area contributed by atoms with Crippen LogP contribution >= 0.6 is 0 Å². The number of methoxy groups -OCH3 is 6. The second kappa shape index (κ2) is 64.7. The largest absolute Gasteiger partial charge is 1.00 e. The Labute approximate surface area is 801 Å². The number of aliphatic hydroxyl groups excluding tert-OH is 9. The summed E-state index contributed by atoms with van der Waals surface area (Å²) in [6.45, 7) is 6.54. The zero-order chi connectivity index (χ0) is 86.8. The summed E-state index contributed by atoms with van der Waals surface area (Å²) >= 11 is 0. The minimum absolute atomic E-state index is 0. The molecular formula is C71H106BN10Na4O38. The number of carboxylic acid groups (broad SMARTS) is 3. The molecule has 6 aliphatic rings. The van der Waals surface area contributed by atoms with E-state index in [0.717, 1.165) is 21.3 Å². The van der Waals surface area contributed by atoms with Gasteiger partial charge in [-0.05, 0) is 18.2 Å². The molecule has 9 heterocycles. The summed E-state index contributed by atoms with van der Waals surface area (Å²) in [6, 6.07) is 11.6. The number of ether oxygens (including phenoxy) is 15. The summed E-state index contributed by atoms with van der Waals surface area (Å²) < 4.78 is 85.1. The van der Waals surface area contributed by atoms with E-state index >= 15 is 0 Å². The molecule has 9 rings (SSSR count). The van der Waals surface area contributed by atoms with Crippen molar-refractivity contribution in [1.82, 2.24) is 35.0 Å². The summed E-state index contributed by atoms with van der Waals surface area (Å²) in [7, 11) is 7.28. The predicted octanol–water partition coefficient (Wildman–Crippen LogP) is -27.6. The maximum Gasteiger partial charge on any atom is 1.00 e. The Hall–Kier alpha value is -4.04. The second-order valence-corrected chi connectivity index (χ2v) is 25.9. The van der Waals surface area contributed by atoms with Gasteiger partial charge in [-0.15, -0.1) is 0 Å². The van der Waals surface area contributed by atoms with Crippen molar-refractivity contribution < 1.29 is 290 Å². The van der Waals surface area contributed by atoms with Gasteiger partial charge in [-0.25, -0.2) is 0 Å². The maximum absolute atomic E-state index is 11.9. The van der Waals surface area contributed by atoms with Crippen molar-refractivity contribution in [2.75, 3.05) is 88.5 Å². The number of aliphatic hydroxyl groups is 9. The second-order valence-electron chi connectivity index (χ2n) is 25.9. The number of nitrogens with one attached hydrogen (secondary N) is 4. The van der Waals surface area contributed by atoms with Gasteiger partial charge >= 0.3 is 118 Å². The van der Waals surface area contributed by atoms with E-state index in [1.807, 2.05) is 6.07 Å². The number of aldehydes is 4. The zero-order valence-electron chi connectivity index (χ0n) is 69.1. The Morgan fingerprint density at radius 3 is 1.10 bits per heavy atom. The standard InChI is InChI=1S/C23H35N3O12.C23H33N3O12.C16H25NO12.C7H10N2O.CN.CH4.B.4Na.H2O/c2*1-34-19-16(30)17(31)23(38-20(19)21(32)33)37-18-14(25-7-10-27)22(35-2)36-12(15(18)29)11-24-6-9-26-8-4-3-5-13(26)28;1-25-12-9(21)10(22)16(29-13(12)14(23)24)28-11-7(17-3-4-18)15(26-2)27-6(5-19)8(11)20;8-4-6-9-5-2-1-3-7(9)10;1-2;;;;;;;/h3-5,8,10,12,14-20,22-25,29-31H,6-7,9,11H2,1-2H3,(H,32,33);3-5,8,10-12,14-20,22-23,25,29-31H,6-7,9H2,1-2H3,(H,32,33);4-13,15-17,20-22H,3H2,1-2H3,(H,23,24);1-3,5H,4,6,8H2;;1H4;;;;;;1H2/q;;;;-1;;;4*+1;/p-3. The third-order valence-electron chi connectivity index (χ3n) is 18.7. The Bertz CT molecular complexity index is 3770. The van der Waals surface area contributed by atoms with Gasteiger partial charge in [0, 0.05) is 133 Å². The van der Waals surface area contributed by atoms with Crippen LogP contribution in [0, 0.1) is 11.8 Å². The summed E-state index contributed by atoms with van der Waals surface area (Å²) in [5.74, 6) is -5.13. The number of aliphatic imine (C=N–C) groups is 1. The number of aromatic nitrogens is 3. The number of carbonyl (C=O) groups is 7. The summed E-state index contributed by atoms with van der Waals surface area (Å²) in [5.41, 5.74) is 4.91. The van der Waals surface area contributed by atoms with Crippen LogP contribution < -0.4 is 177 Å². The predicted molar refractivity (Wildman–Crippen MR) is 397 cm³/mol. The van der Waals surface area contributed by atoms with Crippen LogP contribution in [-0.2, 0) is 124 Å². The molecule has 53 heteroatoms. The number of nitrogens with two attached hydrogens (primary N) is 1. The molecule has 0 bridgehead atoms. The van der Waals surface area contributed by atoms with Gasteiger partial charge in [0.05, 0.1) is 62.2 Å². The molecular weight excluding hydrogens is 1700 g/mol. The molecule has 30 atom stereocenters. The molecule has 675 valence electrons. The first-order valence-electron chi connectivity index (χ1n) is 36.0. The zero-order valence-corrected chi connectivity index (χ0v) is 77.1. The summed E-state index contributed by atoms with van der Waals surface area (Å²) in [5, 5.41) is 147. The van der Waals surface area contributed by atoms with E-state index in [1.54, 1.807) is 53.5 Å². The third-order valence-corrected chi connectivity index (χ3v) is 18.7. The Morgan fingerprint density at radius 2 is 0.790 bits per heavy atom. The molecule has 3 aromatic rings. The minimum atomic E-state index is -1.79. The topological polar surface area (TPSA) is 717 Å². The molecule has 6 aliphatic heterocycles. The molecule has 0 spiro atoms. The summed E-state index contributed by atoms with van der Waals surface area (Å²) in [4.78, 5) is 117. The molecule has 0 aromatic carbocycles. The van der Waals surface area contributed by atoms with Gasteiger partial charge in [0.1, 0.15) is 147 Å². The average molecular weight is 1810 g/mol. The fraction of sp³-hybridized carbons (Fsp3) is 0.662. The van der Waals surface area contributed by atoms with Crippen molar-refractivity contribution in [3.8, 4) is 0 Å². The number of nitrogens with zero attached hydrogens (tertiary/aromatic N) is 5. The Kier molecular flexibility index (Phi) is 64.7. The van der Waals surface area contributed by atoms with E-state index in [0.29, 0.717) is 51.3 Å². The summed E-state index contributed by atoms with van der Waals surface area (Å²) in [6.07, 6.45) is -32.2. The molecule has 124 heavy (non-hydrogen) atoms. The van der Waals surface area contributed by atoms with Crippen LogP contribution in [-0.4, -0.2) is 395 Å². The van der Waals surface area contributed by atoms with Crippen LogP contribution in [0.15, 0.2) is 92.6 Å². The van der Waals surface area contributed by atoms with E-state index in [1.165, 1.54) is 54.9 Å². The van der Waals surface area contributed by atoms with Crippen molar-refractivity contribution in [3.05, 3.63) is 111 Å². The number of aliphatic carboxylic acids is 3. The van der Waals surface area contributed by atoms with Crippen molar-refractivity contribution in [3.63, 3.8) is 0 Å². The molecule has 30 unspecified atom stereocenters. The van der Waals surface area contributed by atoms with E-state index in [9.17, 15) is 109 Å². The van der Waals surface area contributed by atoms with Crippen molar-refractivity contribution >= 4 is 57.7 Å². The number of rotatable bonds is 36. The van der Waals surface area contributed by atoms with Gasteiger partial charge < -0.3 is 224 Å². The SMILES string of the molecule is C.COC1OC(C=NCCn2ccccc2=O)C(O)C(OC2OC(C(=O)[O-])C(OC)C(O)C2O)C1NCC=O.COC1OC(C=O)C(O)C(OC2OC(C(=O)[O-])C(OC)C(O)C2O)C1NCC=O.COC1OC(CNCCn2ccccc2=O)C(O)C(OC2OC(C(=O)[O-])C(OC)C(O)C2O)C1NCC=O.NCCn1ccccc1=O.O.[B].[C-]#N.[Na+].[Na+].[Na+].[Na+]. The average Bonchev–Trinajstić information content (AvgIpc) is 0.786. The first kappa shape index (κ1) is 124. The number of pyridine rings is 3. The van der Waals surface area contributed by atoms with Gasteiger partial charge in [-0.2, -0.15) is 0 Å². The minimum Gasteiger partial charge on any atom is -0.547 e. The molecule has 17 N–H and O–H groups in total. The fourth-order valence-corrected chi connectivity index (χ4v) is 12.9. The smallest absolute Gasteiger partial charge is 0.547 e. The number of carboxylic acids is 3. The molecule has 3 aromatic heterocycles. The monoisotopic (exact) mass is 1810 g/mol.